The molecule has 1 saturated heterocycles. The highest BCUT2D eigenvalue weighted by atomic mass is 35.5. The number of ether oxygens (including phenoxy) is 3. The van der Waals surface area contributed by atoms with Crippen molar-refractivity contribution in [1.29, 1.82) is 0 Å². The average molecular weight is 530 g/mol. The number of carbonyl (C=O) groups is 2. The Morgan fingerprint density at radius 2 is 1.67 bits per heavy atom. The third-order valence-corrected chi connectivity index (χ3v) is 6.13. The molecule has 0 aromatic heterocycles. The molecule has 0 unspecified atom stereocenters. The molecular weight excluding hydrogens is 505 g/mol. The van der Waals surface area contributed by atoms with Crippen LogP contribution in [0.1, 0.15) is 33.6 Å². The van der Waals surface area contributed by atoms with Crippen LogP contribution in [-0.4, -0.2) is 54.3 Å². The predicted octanol–water partition coefficient (Wildman–Crippen LogP) is 5.83. The lowest BCUT2D eigenvalue weighted by molar-refractivity contribution is 0.0536. The molecule has 36 heavy (non-hydrogen) atoms. The molecule has 1 amide bonds. The summed E-state index contributed by atoms with van der Waals surface area (Å²) in [5, 5.41) is 10.7. The van der Waals surface area contributed by atoms with Crippen LogP contribution in [0, 0.1) is 0 Å². The van der Waals surface area contributed by atoms with Crippen molar-refractivity contribution in [3.8, 4) is 17.2 Å². The van der Waals surface area contributed by atoms with Crippen molar-refractivity contribution < 1.29 is 28.9 Å². The minimum atomic E-state index is -1.11. The van der Waals surface area contributed by atoms with Crippen molar-refractivity contribution in [2.75, 3.05) is 26.3 Å². The third kappa shape index (κ3) is 6.83. The summed E-state index contributed by atoms with van der Waals surface area (Å²) in [6, 6.07) is 18.4. The maximum Gasteiger partial charge on any atom is 0.339 e. The standard InChI is InChI=1S/C27H25Cl2NO6/c28-19-6-8-21(9-7-19)34-13-14-35-25-16-22(10-11-24(25)27(32)33)36-23-5-2-12-30(17-23)26(31)18-3-1-4-20(29)15-18/h1,3-4,6-11,15-16,23H,2,5,12-14,17H2,(H,32,33)/t23-/m1/s1. The monoisotopic (exact) mass is 529 g/mol. The number of hydrogen-bond donors (Lipinski definition) is 1. The van der Waals surface area contributed by atoms with Gasteiger partial charge in [0.05, 0.1) is 6.54 Å². The van der Waals surface area contributed by atoms with Crippen molar-refractivity contribution in [1.82, 2.24) is 4.90 Å². The van der Waals surface area contributed by atoms with Crippen LogP contribution in [0.15, 0.2) is 66.7 Å². The maximum atomic E-state index is 12.9. The molecule has 1 atom stereocenters. The van der Waals surface area contributed by atoms with E-state index in [1.165, 1.54) is 6.07 Å². The molecule has 1 aliphatic heterocycles. The Morgan fingerprint density at radius 1 is 0.917 bits per heavy atom. The third-order valence-electron chi connectivity index (χ3n) is 5.65. The van der Waals surface area contributed by atoms with E-state index < -0.39 is 5.97 Å². The Balaban J connectivity index is 1.37. The molecule has 3 aromatic rings. The molecule has 4 rings (SSSR count). The number of piperidine rings is 1. The summed E-state index contributed by atoms with van der Waals surface area (Å²) in [5.41, 5.74) is 0.556. The number of carboxylic acid groups (broad SMARTS) is 1. The van der Waals surface area contributed by atoms with Gasteiger partial charge in [-0.15, -0.1) is 0 Å². The molecule has 1 fully saturated rings. The fraction of sp³-hybridized carbons (Fsp3) is 0.259. The molecule has 9 heteroatoms. The summed E-state index contributed by atoms with van der Waals surface area (Å²) >= 11 is 11.9. The van der Waals surface area contributed by atoms with E-state index in [9.17, 15) is 14.7 Å². The fourth-order valence-electron chi connectivity index (χ4n) is 3.93. The second-order valence-corrected chi connectivity index (χ2v) is 9.13. The minimum Gasteiger partial charge on any atom is -0.490 e. The van der Waals surface area contributed by atoms with Crippen LogP contribution in [0.4, 0.5) is 0 Å². The van der Waals surface area contributed by atoms with Crippen molar-refractivity contribution in [2.45, 2.75) is 18.9 Å². The highest BCUT2D eigenvalue weighted by molar-refractivity contribution is 6.31. The fourth-order valence-corrected chi connectivity index (χ4v) is 4.25. The average Bonchev–Trinajstić information content (AvgIpc) is 2.87. The van der Waals surface area contributed by atoms with E-state index >= 15 is 0 Å². The smallest absolute Gasteiger partial charge is 0.339 e. The first-order valence-electron chi connectivity index (χ1n) is 11.5. The molecule has 0 saturated carbocycles. The van der Waals surface area contributed by atoms with Crippen LogP contribution in [0.25, 0.3) is 0 Å². The molecule has 1 heterocycles. The van der Waals surface area contributed by atoms with Crippen LogP contribution in [0.3, 0.4) is 0 Å². The first kappa shape index (κ1) is 25.7. The molecule has 7 nitrogen and oxygen atoms in total. The zero-order chi connectivity index (χ0) is 25.5. The number of carbonyl (C=O) groups excluding carboxylic acids is 1. The van der Waals surface area contributed by atoms with Crippen molar-refractivity contribution >= 4 is 35.1 Å². The number of benzene rings is 3. The number of carboxylic acids is 1. The number of amides is 1. The molecule has 3 aromatic carbocycles. The normalized spacial score (nSPS) is 15.3. The second kappa shape index (κ2) is 12.0. The van der Waals surface area contributed by atoms with E-state index in [1.807, 2.05) is 0 Å². The first-order chi connectivity index (χ1) is 17.4. The lowest BCUT2D eigenvalue weighted by Gasteiger charge is -2.33. The van der Waals surface area contributed by atoms with E-state index in [4.69, 9.17) is 37.4 Å². The van der Waals surface area contributed by atoms with Crippen molar-refractivity contribution in [2.24, 2.45) is 0 Å². The van der Waals surface area contributed by atoms with Crippen molar-refractivity contribution in [3.05, 3.63) is 87.9 Å². The van der Waals surface area contributed by atoms with Crippen molar-refractivity contribution in [3.63, 3.8) is 0 Å². The van der Waals surface area contributed by atoms with E-state index in [0.29, 0.717) is 40.2 Å². The van der Waals surface area contributed by atoms with Crippen LogP contribution in [0.2, 0.25) is 10.0 Å². The summed E-state index contributed by atoms with van der Waals surface area (Å²) in [6.45, 7) is 1.40. The molecular formula is C27H25Cl2NO6. The topological polar surface area (TPSA) is 85.3 Å². The van der Waals surface area contributed by atoms with E-state index in [-0.39, 0.29) is 36.5 Å². The largest absolute Gasteiger partial charge is 0.490 e. The zero-order valence-corrected chi connectivity index (χ0v) is 20.9. The summed E-state index contributed by atoms with van der Waals surface area (Å²) < 4.78 is 17.4. The summed E-state index contributed by atoms with van der Waals surface area (Å²) in [4.78, 5) is 26.3. The van der Waals surface area contributed by atoms with Gasteiger partial charge in [0.2, 0.25) is 0 Å². The van der Waals surface area contributed by atoms with E-state index in [0.717, 1.165) is 12.8 Å². The number of nitrogens with zero attached hydrogens (tertiary/aromatic N) is 1. The molecule has 0 bridgehead atoms. The molecule has 1 aliphatic rings. The number of hydrogen-bond acceptors (Lipinski definition) is 5. The molecule has 0 aliphatic carbocycles. The number of halogens is 2. The lowest BCUT2D eigenvalue weighted by Crippen LogP contribution is -2.44. The van der Waals surface area contributed by atoms with E-state index in [1.54, 1.807) is 65.6 Å². The number of rotatable bonds is 9. The van der Waals surface area contributed by atoms with Gasteiger partial charge in [-0.2, -0.15) is 0 Å². The summed E-state index contributed by atoms with van der Waals surface area (Å²) in [5.74, 6) is 0.0774. The summed E-state index contributed by atoms with van der Waals surface area (Å²) in [7, 11) is 0. The molecule has 188 valence electrons. The van der Waals surface area contributed by atoms with Crippen LogP contribution in [-0.2, 0) is 0 Å². The Labute approximate surface area is 219 Å². The van der Waals surface area contributed by atoms with Gasteiger partial charge in [0.15, 0.2) is 0 Å². The highest BCUT2D eigenvalue weighted by Crippen LogP contribution is 2.28. The van der Waals surface area contributed by atoms with Gasteiger partial charge >= 0.3 is 5.97 Å². The highest BCUT2D eigenvalue weighted by Gasteiger charge is 2.26. The summed E-state index contributed by atoms with van der Waals surface area (Å²) in [6.07, 6.45) is 1.32. The maximum absolute atomic E-state index is 12.9. The Kier molecular flexibility index (Phi) is 8.57. The van der Waals surface area contributed by atoms with Gasteiger partial charge in [-0.25, -0.2) is 4.79 Å². The van der Waals surface area contributed by atoms with Crippen LogP contribution in [0.5, 0.6) is 17.2 Å². The minimum absolute atomic E-state index is 0.0234. The van der Waals surface area contributed by atoms with E-state index in [2.05, 4.69) is 0 Å². The molecule has 0 spiro atoms. The number of aromatic carboxylic acids is 1. The Bertz CT molecular complexity index is 1220. The SMILES string of the molecule is O=C(O)c1ccc(O[C@@H]2CCCN(C(=O)c3cccc(Cl)c3)C2)cc1OCCOc1ccc(Cl)cc1. The van der Waals surface area contributed by atoms with Gasteiger partial charge in [-0.3, -0.25) is 4.79 Å². The number of likely N-dealkylation sites (tertiary alicyclic amines) is 1. The van der Waals surface area contributed by atoms with Gasteiger partial charge in [-0.05, 0) is 67.4 Å². The van der Waals surface area contributed by atoms with Gasteiger partial charge in [0.25, 0.3) is 5.91 Å². The second-order valence-electron chi connectivity index (χ2n) is 8.26. The predicted molar refractivity (Wildman–Crippen MR) is 137 cm³/mol. The Morgan fingerprint density at radius 3 is 2.42 bits per heavy atom. The quantitative estimate of drug-likeness (QED) is 0.351. The van der Waals surface area contributed by atoms with Gasteiger partial charge < -0.3 is 24.2 Å². The van der Waals surface area contributed by atoms with Gasteiger partial charge in [-0.1, -0.05) is 29.3 Å². The molecule has 0 radical (unpaired) electrons. The van der Waals surface area contributed by atoms with Crippen LogP contribution < -0.4 is 14.2 Å². The van der Waals surface area contributed by atoms with Gasteiger partial charge in [0, 0.05) is 28.2 Å². The van der Waals surface area contributed by atoms with Gasteiger partial charge in [0.1, 0.15) is 42.1 Å². The first-order valence-corrected chi connectivity index (χ1v) is 12.2. The molecule has 1 N–H and O–H groups in total. The zero-order valence-electron chi connectivity index (χ0n) is 19.4. The lowest BCUT2D eigenvalue weighted by atomic mass is 10.1. The Hall–Kier alpha value is -3.42. The van der Waals surface area contributed by atoms with Crippen LogP contribution >= 0.6 is 23.2 Å².